The van der Waals surface area contributed by atoms with Gasteiger partial charge in [-0.1, -0.05) is 29.5 Å². The number of carbonyl (C=O) groups excluding carboxylic acids is 2. The topological polar surface area (TPSA) is 102 Å². The Labute approximate surface area is 243 Å². The van der Waals surface area contributed by atoms with Gasteiger partial charge in [0, 0.05) is 37.6 Å². The molecule has 2 saturated heterocycles. The number of aromatic nitrogens is 3. The van der Waals surface area contributed by atoms with E-state index >= 15 is 0 Å². The van der Waals surface area contributed by atoms with E-state index in [0.29, 0.717) is 48.6 Å². The van der Waals surface area contributed by atoms with Crippen LogP contribution in [-0.2, 0) is 25.6 Å². The molecule has 42 heavy (non-hydrogen) atoms. The maximum atomic E-state index is 14.2. The summed E-state index contributed by atoms with van der Waals surface area (Å²) in [5, 5.41) is 11.4. The molecule has 1 N–H and O–H groups in total. The van der Waals surface area contributed by atoms with Crippen molar-refractivity contribution in [2.45, 2.75) is 31.5 Å². The number of nitrogens with one attached hydrogen (secondary N) is 1. The van der Waals surface area contributed by atoms with Gasteiger partial charge in [0.25, 0.3) is 0 Å². The minimum atomic E-state index is -1.03. The zero-order chi connectivity index (χ0) is 28.9. The van der Waals surface area contributed by atoms with Gasteiger partial charge < -0.3 is 19.7 Å². The quantitative estimate of drug-likeness (QED) is 0.328. The van der Waals surface area contributed by atoms with Crippen LogP contribution in [0.3, 0.4) is 0 Å². The molecule has 0 unspecified atom stereocenters. The number of para-hydroxylation sites is 1. The summed E-state index contributed by atoms with van der Waals surface area (Å²) in [5.74, 6) is -1.19. The number of anilines is 2. The fraction of sp³-hybridized carbons (Fsp3) is 0.355. The van der Waals surface area contributed by atoms with Gasteiger partial charge in [0.15, 0.2) is 0 Å². The van der Waals surface area contributed by atoms with Gasteiger partial charge in [-0.2, -0.15) is 0 Å². The summed E-state index contributed by atoms with van der Waals surface area (Å²) < 4.78 is 26.7. The highest BCUT2D eigenvalue weighted by molar-refractivity contribution is 6.01. The highest BCUT2D eigenvalue weighted by Gasteiger charge is 2.34. The SMILES string of the molecule is O=C(NC[C@@H]1CCCO1)[C@@H](c1ccc(N2CCOCC2)cc1)N(C(=O)Cn1nnc2ccccc21)c1ccc(F)cc1. The van der Waals surface area contributed by atoms with E-state index in [1.165, 1.54) is 33.8 Å². The Hall–Kier alpha value is -4.35. The third kappa shape index (κ3) is 6.12. The summed E-state index contributed by atoms with van der Waals surface area (Å²) >= 11 is 0. The molecule has 0 spiro atoms. The van der Waals surface area contributed by atoms with E-state index in [9.17, 15) is 14.0 Å². The minimum absolute atomic E-state index is 0.0743. The second kappa shape index (κ2) is 12.7. The molecule has 1 aromatic heterocycles. The molecule has 2 aliphatic rings. The largest absolute Gasteiger partial charge is 0.378 e. The first kappa shape index (κ1) is 27.8. The first-order valence-corrected chi connectivity index (χ1v) is 14.2. The summed E-state index contributed by atoms with van der Waals surface area (Å²) in [6.45, 7) is 3.69. The molecular formula is C31H33FN6O4. The van der Waals surface area contributed by atoms with E-state index in [1.54, 1.807) is 0 Å². The maximum Gasteiger partial charge on any atom is 0.249 e. The molecule has 218 valence electrons. The zero-order valence-electron chi connectivity index (χ0n) is 23.2. The van der Waals surface area contributed by atoms with Crippen molar-refractivity contribution in [3.8, 4) is 0 Å². The highest BCUT2D eigenvalue weighted by Crippen LogP contribution is 2.31. The first-order valence-electron chi connectivity index (χ1n) is 14.2. The monoisotopic (exact) mass is 572 g/mol. The number of nitrogens with zero attached hydrogens (tertiary/aromatic N) is 5. The Kier molecular flexibility index (Phi) is 8.38. The van der Waals surface area contributed by atoms with Gasteiger partial charge in [-0.05, 0) is 66.9 Å². The van der Waals surface area contributed by atoms with Crippen molar-refractivity contribution in [3.05, 3.63) is 84.2 Å². The Balaban J connectivity index is 1.36. The van der Waals surface area contributed by atoms with E-state index in [2.05, 4.69) is 20.5 Å². The predicted octanol–water partition coefficient (Wildman–Crippen LogP) is 3.48. The van der Waals surface area contributed by atoms with Gasteiger partial charge in [0.1, 0.15) is 23.9 Å². The van der Waals surface area contributed by atoms with Crippen LogP contribution >= 0.6 is 0 Å². The molecule has 2 aliphatic heterocycles. The van der Waals surface area contributed by atoms with Crippen molar-refractivity contribution in [2.75, 3.05) is 49.3 Å². The van der Waals surface area contributed by atoms with Crippen molar-refractivity contribution in [1.29, 1.82) is 0 Å². The molecule has 0 bridgehead atoms. The molecule has 11 heteroatoms. The number of carbonyl (C=O) groups is 2. The van der Waals surface area contributed by atoms with Crippen LogP contribution in [0.4, 0.5) is 15.8 Å². The van der Waals surface area contributed by atoms with Crippen LogP contribution in [-0.4, -0.2) is 72.4 Å². The summed E-state index contributed by atoms with van der Waals surface area (Å²) in [6.07, 6.45) is 1.73. The molecule has 10 nitrogen and oxygen atoms in total. The second-order valence-electron chi connectivity index (χ2n) is 10.4. The highest BCUT2D eigenvalue weighted by atomic mass is 19.1. The number of ether oxygens (including phenoxy) is 2. The Morgan fingerprint density at radius 2 is 1.76 bits per heavy atom. The van der Waals surface area contributed by atoms with Crippen LogP contribution in [0.2, 0.25) is 0 Å². The lowest BCUT2D eigenvalue weighted by molar-refractivity contribution is -0.127. The summed E-state index contributed by atoms with van der Waals surface area (Å²) in [4.78, 5) is 31.8. The molecule has 3 aromatic carbocycles. The molecule has 3 heterocycles. The van der Waals surface area contributed by atoms with E-state index in [4.69, 9.17) is 9.47 Å². The fourth-order valence-corrected chi connectivity index (χ4v) is 5.50. The van der Waals surface area contributed by atoms with Crippen LogP contribution in [0.1, 0.15) is 24.4 Å². The van der Waals surface area contributed by atoms with Gasteiger partial charge >= 0.3 is 0 Å². The lowest BCUT2D eigenvalue weighted by Crippen LogP contribution is -2.46. The van der Waals surface area contributed by atoms with Crippen molar-refractivity contribution in [1.82, 2.24) is 20.3 Å². The molecule has 2 amide bonds. The molecule has 6 rings (SSSR count). The van der Waals surface area contributed by atoms with Gasteiger partial charge in [0.2, 0.25) is 11.8 Å². The average molecular weight is 573 g/mol. The zero-order valence-corrected chi connectivity index (χ0v) is 23.2. The van der Waals surface area contributed by atoms with Crippen molar-refractivity contribution >= 4 is 34.2 Å². The minimum Gasteiger partial charge on any atom is -0.378 e. The lowest BCUT2D eigenvalue weighted by atomic mass is 10.0. The number of benzene rings is 3. The number of rotatable bonds is 9. The Bertz CT molecular complexity index is 1510. The third-order valence-electron chi connectivity index (χ3n) is 7.70. The average Bonchev–Trinajstić information content (AvgIpc) is 3.70. The van der Waals surface area contributed by atoms with Crippen LogP contribution in [0, 0.1) is 5.82 Å². The number of amides is 2. The van der Waals surface area contributed by atoms with Crippen molar-refractivity contribution < 1.29 is 23.5 Å². The fourth-order valence-electron chi connectivity index (χ4n) is 5.50. The molecule has 2 fully saturated rings. The number of hydrogen-bond acceptors (Lipinski definition) is 7. The molecule has 4 aromatic rings. The normalized spacial score (nSPS) is 17.7. The van der Waals surface area contributed by atoms with E-state index < -0.39 is 17.8 Å². The number of hydrogen-bond donors (Lipinski definition) is 1. The molecule has 2 atom stereocenters. The Morgan fingerprint density at radius 1 is 1.00 bits per heavy atom. The van der Waals surface area contributed by atoms with Crippen LogP contribution in [0.5, 0.6) is 0 Å². The van der Waals surface area contributed by atoms with Gasteiger partial charge in [-0.15, -0.1) is 5.10 Å². The Morgan fingerprint density at radius 3 is 2.50 bits per heavy atom. The van der Waals surface area contributed by atoms with E-state index in [1.807, 2.05) is 48.5 Å². The summed E-state index contributed by atoms with van der Waals surface area (Å²) in [5.41, 5.74) is 3.37. The van der Waals surface area contributed by atoms with Crippen molar-refractivity contribution in [3.63, 3.8) is 0 Å². The number of halogens is 1. The summed E-state index contributed by atoms with van der Waals surface area (Å²) in [6, 6.07) is 19.6. The number of morpholine rings is 1. The van der Waals surface area contributed by atoms with Gasteiger partial charge in [-0.3, -0.25) is 14.5 Å². The smallest absolute Gasteiger partial charge is 0.249 e. The predicted molar refractivity (Wildman–Crippen MR) is 156 cm³/mol. The van der Waals surface area contributed by atoms with Gasteiger partial charge in [0.05, 0.1) is 24.8 Å². The molecule has 0 aliphatic carbocycles. The third-order valence-corrected chi connectivity index (χ3v) is 7.70. The number of fused-ring (bicyclic) bond motifs is 1. The van der Waals surface area contributed by atoms with Gasteiger partial charge in [-0.25, -0.2) is 9.07 Å². The van der Waals surface area contributed by atoms with E-state index in [-0.39, 0.29) is 18.6 Å². The first-order chi connectivity index (χ1) is 20.6. The molecule has 0 saturated carbocycles. The molecule has 0 radical (unpaired) electrons. The van der Waals surface area contributed by atoms with Crippen molar-refractivity contribution in [2.24, 2.45) is 0 Å². The van der Waals surface area contributed by atoms with Crippen LogP contribution in [0.25, 0.3) is 11.0 Å². The lowest BCUT2D eigenvalue weighted by Gasteiger charge is -2.33. The van der Waals surface area contributed by atoms with Crippen LogP contribution in [0.15, 0.2) is 72.8 Å². The maximum absolute atomic E-state index is 14.2. The van der Waals surface area contributed by atoms with E-state index in [0.717, 1.165) is 31.6 Å². The standard InChI is InChI=1S/C31H33FN6O4/c32-23-9-13-25(14-10-23)38(29(39)21-37-28-6-2-1-5-27(28)34-35-37)30(31(40)33-20-26-4-3-17-42-26)22-7-11-24(12-8-22)36-15-18-41-19-16-36/h1-2,5-14,26,30H,3-4,15-21H2,(H,33,40)/t26-,30+/m0/s1. The second-order valence-corrected chi connectivity index (χ2v) is 10.4. The summed E-state index contributed by atoms with van der Waals surface area (Å²) in [7, 11) is 0. The molecular weight excluding hydrogens is 539 g/mol. The van der Waals surface area contributed by atoms with Crippen LogP contribution < -0.4 is 15.1 Å².